The van der Waals surface area contributed by atoms with E-state index in [0.29, 0.717) is 36.0 Å². The summed E-state index contributed by atoms with van der Waals surface area (Å²) in [5.74, 6) is 0.186. The van der Waals surface area contributed by atoms with Crippen molar-refractivity contribution in [3.63, 3.8) is 0 Å². The van der Waals surface area contributed by atoms with Crippen LogP contribution < -0.4 is 20.1 Å². The van der Waals surface area contributed by atoms with Gasteiger partial charge in [0.2, 0.25) is 5.91 Å². The Labute approximate surface area is 161 Å². The number of carbonyl (C=O) groups excluding carboxylic acids is 3. The van der Waals surface area contributed by atoms with Gasteiger partial charge >= 0.3 is 6.03 Å². The second-order valence-electron chi connectivity index (χ2n) is 6.72. The summed E-state index contributed by atoms with van der Waals surface area (Å²) in [7, 11) is 0. The molecule has 2 aliphatic rings. The third kappa shape index (κ3) is 3.13. The highest BCUT2D eigenvalue weighted by atomic mass is 16.6. The number of ether oxygens (including phenoxy) is 2. The number of benzene rings is 2. The Kier molecular flexibility index (Phi) is 4.38. The maximum atomic E-state index is 12.8. The fourth-order valence-electron chi connectivity index (χ4n) is 3.27. The molecule has 2 aromatic carbocycles. The molecule has 2 aliphatic heterocycles. The first-order valence-corrected chi connectivity index (χ1v) is 8.86. The number of imide groups is 1. The van der Waals surface area contributed by atoms with Gasteiger partial charge in [0, 0.05) is 11.8 Å². The van der Waals surface area contributed by atoms with Crippen molar-refractivity contribution in [1.29, 1.82) is 0 Å². The molecule has 2 heterocycles. The Balaban J connectivity index is 1.46. The molecule has 0 saturated carbocycles. The molecule has 1 saturated heterocycles. The van der Waals surface area contributed by atoms with Crippen LogP contribution in [0.2, 0.25) is 0 Å². The van der Waals surface area contributed by atoms with Crippen molar-refractivity contribution in [2.45, 2.75) is 12.5 Å². The standard InChI is InChI=1S/C20H19N3O5/c1-20(13-5-3-2-4-6-13)18(25)23(19(26)22-20)12-17(24)21-14-7-8-15-16(11-14)28-10-9-27-15/h2-8,11H,9-10,12H2,1H3,(H,21,24)(H,22,26)/t20-/m0/s1. The zero-order valence-electron chi connectivity index (χ0n) is 15.2. The first kappa shape index (κ1) is 17.8. The van der Waals surface area contributed by atoms with Crippen LogP contribution >= 0.6 is 0 Å². The Hall–Kier alpha value is -3.55. The van der Waals surface area contributed by atoms with Gasteiger partial charge < -0.3 is 20.1 Å². The number of hydrogen-bond acceptors (Lipinski definition) is 5. The number of fused-ring (bicyclic) bond motifs is 1. The summed E-state index contributed by atoms with van der Waals surface area (Å²) < 4.78 is 10.9. The highest BCUT2D eigenvalue weighted by Gasteiger charge is 2.49. The molecule has 4 rings (SSSR count). The molecular formula is C20H19N3O5. The van der Waals surface area contributed by atoms with Crippen LogP contribution in [0.15, 0.2) is 48.5 Å². The van der Waals surface area contributed by atoms with Gasteiger partial charge in [-0.15, -0.1) is 0 Å². The van der Waals surface area contributed by atoms with E-state index in [1.807, 2.05) is 6.07 Å². The van der Waals surface area contributed by atoms with Gasteiger partial charge in [-0.3, -0.25) is 14.5 Å². The summed E-state index contributed by atoms with van der Waals surface area (Å²) in [6.45, 7) is 2.15. The van der Waals surface area contributed by atoms with Crippen molar-refractivity contribution in [3.8, 4) is 11.5 Å². The first-order valence-electron chi connectivity index (χ1n) is 8.86. The van der Waals surface area contributed by atoms with Gasteiger partial charge in [0.05, 0.1) is 0 Å². The zero-order valence-corrected chi connectivity index (χ0v) is 15.2. The van der Waals surface area contributed by atoms with Gasteiger partial charge in [-0.05, 0) is 24.6 Å². The Morgan fingerprint density at radius 2 is 1.82 bits per heavy atom. The predicted molar refractivity (Wildman–Crippen MR) is 100 cm³/mol. The lowest BCUT2D eigenvalue weighted by molar-refractivity contribution is -0.133. The maximum absolute atomic E-state index is 12.8. The van der Waals surface area contributed by atoms with Crippen molar-refractivity contribution in [2.24, 2.45) is 0 Å². The van der Waals surface area contributed by atoms with E-state index in [1.165, 1.54) is 0 Å². The molecule has 28 heavy (non-hydrogen) atoms. The SMILES string of the molecule is C[C@@]1(c2ccccc2)NC(=O)N(CC(=O)Nc2ccc3c(c2)OCCO3)C1=O. The third-order valence-electron chi connectivity index (χ3n) is 4.75. The Bertz CT molecular complexity index is 946. The lowest BCUT2D eigenvalue weighted by atomic mass is 9.92. The number of hydrogen-bond donors (Lipinski definition) is 2. The predicted octanol–water partition coefficient (Wildman–Crippen LogP) is 1.86. The monoisotopic (exact) mass is 381 g/mol. The third-order valence-corrected chi connectivity index (χ3v) is 4.75. The van der Waals surface area contributed by atoms with E-state index >= 15 is 0 Å². The molecule has 1 atom stereocenters. The van der Waals surface area contributed by atoms with Crippen molar-refractivity contribution in [2.75, 3.05) is 25.1 Å². The van der Waals surface area contributed by atoms with Crippen molar-refractivity contribution < 1.29 is 23.9 Å². The topological polar surface area (TPSA) is 97.0 Å². The summed E-state index contributed by atoms with van der Waals surface area (Å²) in [4.78, 5) is 38.5. The molecule has 0 spiro atoms. The van der Waals surface area contributed by atoms with E-state index in [4.69, 9.17) is 9.47 Å². The summed E-state index contributed by atoms with van der Waals surface area (Å²) in [6.07, 6.45) is 0. The van der Waals surface area contributed by atoms with Gasteiger partial charge in [-0.1, -0.05) is 30.3 Å². The van der Waals surface area contributed by atoms with E-state index in [2.05, 4.69) is 10.6 Å². The molecule has 0 aromatic heterocycles. The zero-order chi connectivity index (χ0) is 19.7. The number of nitrogens with one attached hydrogen (secondary N) is 2. The number of amides is 4. The quantitative estimate of drug-likeness (QED) is 0.788. The van der Waals surface area contributed by atoms with Crippen LogP contribution in [0.25, 0.3) is 0 Å². The molecule has 1 fully saturated rings. The fourth-order valence-corrected chi connectivity index (χ4v) is 3.27. The van der Waals surface area contributed by atoms with Gasteiger partial charge in [-0.25, -0.2) is 4.79 Å². The van der Waals surface area contributed by atoms with Crippen LogP contribution in [-0.2, 0) is 15.1 Å². The smallest absolute Gasteiger partial charge is 0.325 e. The number of nitrogens with zero attached hydrogens (tertiary/aromatic N) is 1. The minimum atomic E-state index is -1.20. The largest absolute Gasteiger partial charge is 0.486 e. The summed E-state index contributed by atoms with van der Waals surface area (Å²) >= 11 is 0. The fraction of sp³-hybridized carbons (Fsp3) is 0.250. The van der Waals surface area contributed by atoms with E-state index in [1.54, 1.807) is 49.4 Å². The van der Waals surface area contributed by atoms with Crippen LogP contribution in [0, 0.1) is 0 Å². The lowest BCUT2D eigenvalue weighted by Gasteiger charge is -2.22. The Morgan fingerprint density at radius 1 is 1.11 bits per heavy atom. The Morgan fingerprint density at radius 3 is 2.57 bits per heavy atom. The van der Waals surface area contributed by atoms with Gasteiger partial charge in [-0.2, -0.15) is 0 Å². The molecule has 2 aromatic rings. The summed E-state index contributed by atoms with van der Waals surface area (Å²) in [5, 5.41) is 5.36. The van der Waals surface area contributed by atoms with E-state index in [0.717, 1.165) is 4.90 Å². The minimum Gasteiger partial charge on any atom is -0.486 e. The number of anilines is 1. The normalized spacial score (nSPS) is 20.7. The van der Waals surface area contributed by atoms with E-state index < -0.39 is 23.4 Å². The second-order valence-corrected chi connectivity index (χ2v) is 6.72. The molecule has 0 radical (unpaired) electrons. The highest BCUT2D eigenvalue weighted by molar-refractivity contribution is 6.10. The second kappa shape index (κ2) is 6.88. The van der Waals surface area contributed by atoms with Gasteiger partial charge in [0.25, 0.3) is 5.91 Å². The molecule has 0 aliphatic carbocycles. The first-order chi connectivity index (χ1) is 13.5. The van der Waals surface area contributed by atoms with Crippen LogP contribution in [0.5, 0.6) is 11.5 Å². The molecule has 0 bridgehead atoms. The van der Waals surface area contributed by atoms with E-state index in [9.17, 15) is 14.4 Å². The molecule has 0 unspecified atom stereocenters. The maximum Gasteiger partial charge on any atom is 0.325 e. The molecular weight excluding hydrogens is 362 g/mol. The van der Waals surface area contributed by atoms with E-state index in [-0.39, 0.29) is 6.54 Å². The number of rotatable bonds is 4. The van der Waals surface area contributed by atoms with Gasteiger partial charge in [0.1, 0.15) is 25.3 Å². The summed E-state index contributed by atoms with van der Waals surface area (Å²) in [5.41, 5.74) is -0.0504. The van der Waals surface area contributed by atoms with Crippen molar-refractivity contribution in [1.82, 2.24) is 10.2 Å². The van der Waals surface area contributed by atoms with Gasteiger partial charge in [0.15, 0.2) is 11.5 Å². The van der Waals surface area contributed by atoms with Crippen LogP contribution in [0.1, 0.15) is 12.5 Å². The van der Waals surface area contributed by atoms with Crippen molar-refractivity contribution >= 4 is 23.5 Å². The lowest BCUT2D eigenvalue weighted by Crippen LogP contribution is -2.42. The van der Waals surface area contributed by atoms with Crippen LogP contribution in [-0.4, -0.2) is 42.5 Å². The average Bonchev–Trinajstić information content (AvgIpc) is 2.92. The minimum absolute atomic E-state index is 0.387. The number of urea groups is 1. The molecule has 8 nitrogen and oxygen atoms in total. The van der Waals surface area contributed by atoms with Crippen molar-refractivity contribution in [3.05, 3.63) is 54.1 Å². The molecule has 8 heteroatoms. The summed E-state index contributed by atoms with van der Waals surface area (Å²) in [6, 6.07) is 13.3. The molecule has 4 amide bonds. The highest BCUT2D eigenvalue weighted by Crippen LogP contribution is 2.33. The molecule has 144 valence electrons. The number of carbonyl (C=O) groups is 3. The average molecular weight is 381 g/mol. The van der Waals surface area contributed by atoms with Crippen LogP contribution in [0.3, 0.4) is 0 Å². The molecule has 2 N–H and O–H groups in total. The van der Waals surface area contributed by atoms with Crippen LogP contribution in [0.4, 0.5) is 10.5 Å².